The molecule has 2 aromatic carbocycles. The number of hydrogen-bond donors (Lipinski definition) is 1. The minimum atomic E-state index is -0.0912. The summed E-state index contributed by atoms with van der Waals surface area (Å²) in [6.45, 7) is 11.1. The highest BCUT2D eigenvalue weighted by Gasteiger charge is 2.20. The highest BCUT2D eigenvalue weighted by molar-refractivity contribution is 5.94. The Morgan fingerprint density at radius 2 is 1.70 bits per heavy atom. The second-order valence-electron chi connectivity index (χ2n) is 10.5. The van der Waals surface area contributed by atoms with Crippen molar-refractivity contribution >= 4 is 22.8 Å². The number of ether oxygens (including phenoxy) is 1. The summed E-state index contributed by atoms with van der Waals surface area (Å²) in [6, 6.07) is 15.2. The van der Waals surface area contributed by atoms with Gasteiger partial charge in [-0.1, -0.05) is 52.3 Å². The number of carbonyl (C=O) groups is 2. The van der Waals surface area contributed by atoms with Crippen molar-refractivity contribution in [3.8, 4) is 5.75 Å². The molecular formula is C30H42N4O3. The van der Waals surface area contributed by atoms with E-state index in [-0.39, 0.29) is 11.8 Å². The van der Waals surface area contributed by atoms with Crippen molar-refractivity contribution in [3.63, 3.8) is 0 Å². The summed E-state index contributed by atoms with van der Waals surface area (Å²) in [7, 11) is 1.59. The molecule has 7 nitrogen and oxygen atoms in total. The average molecular weight is 507 g/mol. The largest absolute Gasteiger partial charge is 0.497 e. The molecule has 1 aromatic heterocycles. The number of imidazole rings is 1. The molecule has 0 bridgehead atoms. The van der Waals surface area contributed by atoms with E-state index in [9.17, 15) is 9.59 Å². The number of nitrogens with zero attached hydrogens (tertiary/aromatic N) is 3. The summed E-state index contributed by atoms with van der Waals surface area (Å²) < 4.78 is 7.29. The Labute approximate surface area is 221 Å². The van der Waals surface area contributed by atoms with E-state index >= 15 is 0 Å². The first-order chi connectivity index (χ1) is 17.8. The zero-order valence-electron chi connectivity index (χ0n) is 23.0. The minimum absolute atomic E-state index is 0.0912. The average Bonchev–Trinajstić information content (AvgIpc) is 3.22. The van der Waals surface area contributed by atoms with E-state index in [2.05, 4.69) is 37.6 Å². The van der Waals surface area contributed by atoms with E-state index in [1.54, 1.807) is 19.2 Å². The van der Waals surface area contributed by atoms with Crippen molar-refractivity contribution in [2.24, 2.45) is 11.8 Å². The quantitative estimate of drug-likeness (QED) is 0.300. The summed E-state index contributed by atoms with van der Waals surface area (Å²) in [5.74, 6) is 2.52. The summed E-state index contributed by atoms with van der Waals surface area (Å²) >= 11 is 0. The first kappa shape index (κ1) is 28.2. The summed E-state index contributed by atoms with van der Waals surface area (Å²) in [5, 5.41) is 2.99. The molecular weight excluding hydrogens is 464 g/mol. The lowest BCUT2D eigenvalue weighted by molar-refractivity contribution is -0.132. The van der Waals surface area contributed by atoms with Gasteiger partial charge in [-0.05, 0) is 55.0 Å². The van der Waals surface area contributed by atoms with Crippen LogP contribution in [-0.2, 0) is 17.8 Å². The molecule has 200 valence electrons. The molecule has 0 spiro atoms. The standard InChI is InChI=1S/C30H42N4O3/c1-22(2)19-33(20-23(3)4)29(35)21-34-27-15-9-8-14-26(27)32-28(34)16-7-6-10-17-31-30(36)24-12-11-13-25(18-24)37-5/h8-9,11-15,18,22-23H,6-7,10,16-17,19-21H2,1-5H3,(H,31,36). The number of amides is 2. The van der Waals surface area contributed by atoms with Gasteiger partial charge >= 0.3 is 0 Å². The van der Waals surface area contributed by atoms with Crippen LogP contribution in [0.5, 0.6) is 5.75 Å². The molecule has 37 heavy (non-hydrogen) atoms. The number of nitrogens with one attached hydrogen (secondary N) is 1. The Morgan fingerprint density at radius 1 is 0.973 bits per heavy atom. The van der Waals surface area contributed by atoms with Gasteiger partial charge in [0.05, 0.1) is 18.1 Å². The lowest BCUT2D eigenvalue weighted by Crippen LogP contribution is -2.39. The third kappa shape index (κ3) is 8.34. The van der Waals surface area contributed by atoms with Gasteiger partial charge in [-0.3, -0.25) is 9.59 Å². The van der Waals surface area contributed by atoms with Crippen LogP contribution in [-0.4, -0.2) is 53.0 Å². The molecule has 3 aromatic rings. The Kier molecular flexibility index (Phi) is 10.5. The Bertz CT molecular complexity index is 1160. The Hall–Kier alpha value is -3.35. The van der Waals surface area contributed by atoms with Gasteiger partial charge < -0.3 is 19.5 Å². The summed E-state index contributed by atoms with van der Waals surface area (Å²) in [4.78, 5) is 32.6. The lowest BCUT2D eigenvalue weighted by Gasteiger charge is -2.27. The van der Waals surface area contributed by atoms with Crippen LogP contribution in [0.25, 0.3) is 11.0 Å². The molecule has 7 heteroatoms. The van der Waals surface area contributed by atoms with Crippen LogP contribution in [0.2, 0.25) is 0 Å². The second kappa shape index (κ2) is 13.8. The van der Waals surface area contributed by atoms with Crippen LogP contribution < -0.4 is 10.1 Å². The molecule has 0 fully saturated rings. The summed E-state index contributed by atoms with van der Waals surface area (Å²) in [5.41, 5.74) is 2.53. The molecule has 1 N–H and O–H groups in total. The number of carbonyl (C=O) groups excluding carboxylic acids is 2. The van der Waals surface area contributed by atoms with Crippen molar-refractivity contribution in [2.75, 3.05) is 26.7 Å². The van der Waals surface area contributed by atoms with Gasteiger partial charge in [-0.15, -0.1) is 0 Å². The lowest BCUT2D eigenvalue weighted by atomic mass is 10.1. The van der Waals surface area contributed by atoms with Crippen LogP contribution in [0.4, 0.5) is 0 Å². The molecule has 0 radical (unpaired) electrons. The number of methoxy groups -OCH3 is 1. The van der Waals surface area contributed by atoms with Crippen molar-refractivity contribution in [1.29, 1.82) is 0 Å². The number of hydrogen-bond acceptors (Lipinski definition) is 4. The third-order valence-corrected chi connectivity index (χ3v) is 6.25. The van der Waals surface area contributed by atoms with E-state index in [1.807, 2.05) is 41.3 Å². The maximum atomic E-state index is 13.3. The maximum Gasteiger partial charge on any atom is 0.251 e. The molecule has 0 aliphatic rings. The normalized spacial score (nSPS) is 11.3. The molecule has 0 atom stereocenters. The van der Waals surface area contributed by atoms with E-state index in [0.29, 0.717) is 36.2 Å². The van der Waals surface area contributed by atoms with Crippen molar-refractivity contribution in [2.45, 2.75) is 59.9 Å². The monoisotopic (exact) mass is 506 g/mol. The Morgan fingerprint density at radius 3 is 2.41 bits per heavy atom. The highest BCUT2D eigenvalue weighted by Crippen LogP contribution is 2.19. The zero-order valence-corrected chi connectivity index (χ0v) is 23.0. The SMILES string of the molecule is COc1cccc(C(=O)NCCCCCc2nc3ccccc3n2CC(=O)N(CC(C)C)CC(C)C)c1. The number of aromatic nitrogens is 2. The molecule has 3 rings (SSSR count). The molecule has 0 aliphatic carbocycles. The number of para-hydroxylation sites is 2. The van der Waals surface area contributed by atoms with E-state index < -0.39 is 0 Å². The fourth-order valence-electron chi connectivity index (χ4n) is 4.54. The first-order valence-electron chi connectivity index (χ1n) is 13.4. The fraction of sp³-hybridized carbons (Fsp3) is 0.500. The number of benzene rings is 2. The Balaban J connectivity index is 1.57. The maximum absolute atomic E-state index is 13.3. The van der Waals surface area contributed by atoms with Gasteiger partial charge in [0.15, 0.2) is 0 Å². The molecule has 2 amide bonds. The number of aryl methyl sites for hydroxylation is 1. The van der Waals surface area contributed by atoms with E-state index in [0.717, 1.165) is 55.6 Å². The molecule has 0 saturated carbocycles. The zero-order chi connectivity index (χ0) is 26.8. The fourth-order valence-corrected chi connectivity index (χ4v) is 4.54. The smallest absolute Gasteiger partial charge is 0.251 e. The molecule has 1 heterocycles. The van der Waals surface area contributed by atoms with E-state index in [1.165, 1.54) is 0 Å². The van der Waals surface area contributed by atoms with E-state index in [4.69, 9.17) is 9.72 Å². The van der Waals surface area contributed by atoms with Crippen molar-refractivity contribution < 1.29 is 14.3 Å². The van der Waals surface area contributed by atoms with Gasteiger partial charge in [-0.2, -0.15) is 0 Å². The number of unbranched alkanes of at least 4 members (excludes halogenated alkanes) is 2. The minimum Gasteiger partial charge on any atom is -0.497 e. The number of fused-ring (bicyclic) bond motifs is 1. The van der Waals surface area contributed by atoms with Crippen LogP contribution in [0.3, 0.4) is 0 Å². The topological polar surface area (TPSA) is 76.5 Å². The first-order valence-corrected chi connectivity index (χ1v) is 13.4. The van der Waals surface area contributed by atoms with Gasteiger partial charge in [0.2, 0.25) is 5.91 Å². The van der Waals surface area contributed by atoms with Crippen molar-refractivity contribution in [3.05, 3.63) is 59.9 Å². The van der Waals surface area contributed by atoms with Crippen LogP contribution in [0, 0.1) is 11.8 Å². The molecule has 0 saturated heterocycles. The van der Waals surface area contributed by atoms with Gasteiger partial charge in [-0.25, -0.2) is 4.98 Å². The van der Waals surface area contributed by atoms with Crippen LogP contribution in [0.1, 0.15) is 63.1 Å². The van der Waals surface area contributed by atoms with Gasteiger partial charge in [0, 0.05) is 31.6 Å². The van der Waals surface area contributed by atoms with Crippen LogP contribution in [0.15, 0.2) is 48.5 Å². The summed E-state index contributed by atoms with van der Waals surface area (Å²) in [6.07, 6.45) is 3.57. The third-order valence-electron chi connectivity index (χ3n) is 6.25. The highest BCUT2D eigenvalue weighted by atomic mass is 16.5. The molecule has 0 unspecified atom stereocenters. The van der Waals surface area contributed by atoms with Crippen molar-refractivity contribution in [1.82, 2.24) is 19.8 Å². The second-order valence-corrected chi connectivity index (χ2v) is 10.5. The number of rotatable bonds is 14. The van der Waals surface area contributed by atoms with Gasteiger partial charge in [0.1, 0.15) is 18.1 Å². The molecule has 0 aliphatic heterocycles. The predicted octanol–water partition coefficient (Wildman–Crippen LogP) is 5.33. The van der Waals surface area contributed by atoms with Gasteiger partial charge in [0.25, 0.3) is 5.91 Å². The predicted molar refractivity (Wildman–Crippen MR) is 149 cm³/mol. The van der Waals surface area contributed by atoms with Crippen LogP contribution >= 0.6 is 0 Å².